The molecule has 0 fully saturated rings. The maximum absolute atomic E-state index is 12.1. The third-order valence-corrected chi connectivity index (χ3v) is 3.26. The largest absolute Gasteiger partial charge is 0.466 e. The van der Waals surface area contributed by atoms with E-state index in [0.29, 0.717) is 17.2 Å². The van der Waals surface area contributed by atoms with Crippen molar-refractivity contribution in [3.05, 3.63) is 40.0 Å². The van der Waals surface area contributed by atoms with Gasteiger partial charge >= 0.3 is 0 Å². The summed E-state index contributed by atoms with van der Waals surface area (Å²) < 4.78 is 10.9. The van der Waals surface area contributed by atoms with Crippen molar-refractivity contribution in [2.45, 2.75) is 41.2 Å². The smallest absolute Gasteiger partial charge is 0.255 e. The lowest BCUT2D eigenvalue weighted by molar-refractivity contribution is 0.0945. The minimum Gasteiger partial charge on any atom is -0.466 e. The van der Waals surface area contributed by atoms with Crippen LogP contribution in [0.5, 0.6) is 0 Å². The van der Waals surface area contributed by atoms with Crippen molar-refractivity contribution in [2.24, 2.45) is 0 Å². The highest BCUT2D eigenvalue weighted by Gasteiger charge is 2.18. The number of aryl methyl sites for hydroxylation is 4. The first-order valence-corrected chi connectivity index (χ1v) is 6.17. The van der Waals surface area contributed by atoms with E-state index in [0.717, 1.165) is 22.8 Å². The van der Waals surface area contributed by atoms with Gasteiger partial charge in [-0.3, -0.25) is 4.79 Å². The minimum absolute atomic E-state index is 0.166. The van der Waals surface area contributed by atoms with Crippen LogP contribution in [0.3, 0.4) is 0 Å². The lowest BCUT2D eigenvalue weighted by Crippen LogP contribution is -2.24. The third-order valence-electron chi connectivity index (χ3n) is 3.26. The van der Waals surface area contributed by atoms with Crippen molar-refractivity contribution in [3.63, 3.8) is 0 Å². The van der Waals surface area contributed by atoms with E-state index in [-0.39, 0.29) is 12.5 Å². The molecule has 0 saturated carbocycles. The summed E-state index contributed by atoms with van der Waals surface area (Å²) in [6.07, 6.45) is 0. The van der Waals surface area contributed by atoms with Crippen LogP contribution in [0.25, 0.3) is 0 Å². The second kappa shape index (κ2) is 4.91. The van der Waals surface area contributed by atoms with Crippen LogP contribution in [0.2, 0.25) is 0 Å². The fourth-order valence-electron chi connectivity index (χ4n) is 1.99. The summed E-state index contributed by atoms with van der Waals surface area (Å²) >= 11 is 0. The van der Waals surface area contributed by atoms with Crippen molar-refractivity contribution < 1.29 is 13.6 Å². The second-order valence-electron chi connectivity index (χ2n) is 4.65. The van der Waals surface area contributed by atoms with Crippen molar-refractivity contribution in [1.29, 1.82) is 0 Å². The summed E-state index contributed by atoms with van der Waals surface area (Å²) in [6.45, 7) is 9.50. The summed E-state index contributed by atoms with van der Waals surface area (Å²) in [7, 11) is 0. The lowest BCUT2D eigenvalue weighted by atomic mass is 10.1. The fourth-order valence-corrected chi connectivity index (χ4v) is 1.99. The fraction of sp³-hybridized carbons (Fsp3) is 0.429. The monoisotopic (exact) mass is 262 g/mol. The number of carbonyl (C=O) groups excluding carboxylic acids is 1. The molecule has 0 radical (unpaired) electrons. The molecule has 2 rings (SSSR count). The molecule has 5 heteroatoms. The van der Waals surface area contributed by atoms with E-state index in [2.05, 4.69) is 10.3 Å². The molecule has 0 aromatic carbocycles. The van der Waals surface area contributed by atoms with Gasteiger partial charge in [0.2, 0.25) is 5.89 Å². The van der Waals surface area contributed by atoms with E-state index in [1.54, 1.807) is 6.92 Å². The molecule has 102 valence electrons. The van der Waals surface area contributed by atoms with E-state index in [9.17, 15) is 4.79 Å². The van der Waals surface area contributed by atoms with Crippen LogP contribution in [0.1, 0.15) is 44.8 Å². The van der Waals surface area contributed by atoms with Crippen molar-refractivity contribution >= 4 is 5.91 Å². The Hall–Kier alpha value is -2.04. The Morgan fingerprint density at radius 1 is 1.05 bits per heavy atom. The normalized spacial score (nSPS) is 10.8. The first-order valence-electron chi connectivity index (χ1n) is 6.17. The SMILES string of the molecule is Cc1nc(CNC(=O)c2c(C)oc(C)c2C)oc1C. The molecular weight excluding hydrogens is 244 g/mol. The van der Waals surface area contributed by atoms with Crippen LogP contribution in [0.15, 0.2) is 8.83 Å². The molecule has 0 saturated heterocycles. The van der Waals surface area contributed by atoms with Gasteiger partial charge in [-0.25, -0.2) is 4.98 Å². The number of amides is 1. The van der Waals surface area contributed by atoms with Gasteiger partial charge in [0.05, 0.1) is 17.8 Å². The van der Waals surface area contributed by atoms with Crippen LogP contribution in [0, 0.1) is 34.6 Å². The summed E-state index contributed by atoms with van der Waals surface area (Å²) in [5.74, 6) is 2.52. The molecule has 0 aliphatic carbocycles. The highest BCUT2D eigenvalue weighted by molar-refractivity contribution is 5.96. The molecule has 0 atom stereocenters. The zero-order valence-electron chi connectivity index (χ0n) is 11.9. The topological polar surface area (TPSA) is 68.3 Å². The van der Waals surface area contributed by atoms with E-state index < -0.39 is 0 Å². The predicted molar refractivity (Wildman–Crippen MR) is 70.1 cm³/mol. The average molecular weight is 262 g/mol. The van der Waals surface area contributed by atoms with Gasteiger partial charge in [-0.1, -0.05) is 0 Å². The van der Waals surface area contributed by atoms with Gasteiger partial charge in [0.1, 0.15) is 17.3 Å². The summed E-state index contributed by atoms with van der Waals surface area (Å²) in [4.78, 5) is 16.3. The van der Waals surface area contributed by atoms with Gasteiger partial charge in [-0.15, -0.1) is 0 Å². The molecule has 0 spiro atoms. The number of nitrogens with one attached hydrogen (secondary N) is 1. The first kappa shape index (κ1) is 13.4. The maximum Gasteiger partial charge on any atom is 0.255 e. The quantitative estimate of drug-likeness (QED) is 0.923. The number of nitrogens with zero attached hydrogens (tertiary/aromatic N) is 1. The van der Waals surface area contributed by atoms with E-state index >= 15 is 0 Å². The van der Waals surface area contributed by atoms with Crippen LogP contribution >= 0.6 is 0 Å². The predicted octanol–water partition coefficient (Wildman–Crippen LogP) is 2.74. The van der Waals surface area contributed by atoms with Gasteiger partial charge in [0.15, 0.2) is 0 Å². The molecule has 0 bridgehead atoms. The van der Waals surface area contributed by atoms with Gasteiger partial charge < -0.3 is 14.2 Å². The second-order valence-corrected chi connectivity index (χ2v) is 4.65. The highest BCUT2D eigenvalue weighted by atomic mass is 16.4. The van der Waals surface area contributed by atoms with Crippen molar-refractivity contribution in [1.82, 2.24) is 10.3 Å². The summed E-state index contributed by atoms with van der Waals surface area (Å²) in [5, 5.41) is 2.80. The number of furan rings is 1. The van der Waals surface area contributed by atoms with Crippen molar-refractivity contribution in [2.75, 3.05) is 0 Å². The minimum atomic E-state index is -0.166. The Labute approximate surface area is 112 Å². The Bertz CT molecular complexity index is 603. The molecule has 0 aliphatic heterocycles. The Morgan fingerprint density at radius 2 is 1.74 bits per heavy atom. The standard InChI is InChI=1S/C14H18N2O3/c1-7-9(3)18-11(5)13(7)14(17)15-6-12-16-8(2)10(4)19-12/h6H2,1-5H3,(H,15,17). The molecule has 2 heterocycles. The Morgan fingerprint density at radius 3 is 2.21 bits per heavy atom. The zero-order valence-corrected chi connectivity index (χ0v) is 11.9. The molecule has 5 nitrogen and oxygen atoms in total. The third kappa shape index (κ3) is 2.54. The molecule has 19 heavy (non-hydrogen) atoms. The summed E-state index contributed by atoms with van der Waals surface area (Å²) in [6, 6.07) is 0. The number of carbonyl (C=O) groups is 1. The molecule has 1 N–H and O–H groups in total. The molecule has 0 unspecified atom stereocenters. The highest BCUT2D eigenvalue weighted by Crippen LogP contribution is 2.20. The van der Waals surface area contributed by atoms with Gasteiger partial charge in [-0.05, 0) is 34.6 Å². The number of hydrogen-bond donors (Lipinski definition) is 1. The van der Waals surface area contributed by atoms with E-state index in [4.69, 9.17) is 8.83 Å². The number of aromatic nitrogens is 1. The first-order chi connectivity index (χ1) is 8.90. The Kier molecular flexibility index (Phi) is 3.46. The van der Waals surface area contributed by atoms with Gasteiger partial charge in [0, 0.05) is 5.56 Å². The van der Waals surface area contributed by atoms with Gasteiger partial charge in [0.25, 0.3) is 5.91 Å². The van der Waals surface area contributed by atoms with Crippen LogP contribution < -0.4 is 5.32 Å². The van der Waals surface area contributed by atoms with Crippen LogP contribution in [-0.4, -0.2) is 10.9 Å². The van der Waals surface area contributed by atoms with Gasteiger partial charge in [-0.2, -0.15) is 0 Å². The molecule has 0 aliphatic rings. The molecule has 1 amide bonds. The van der Waals surface area contributed by atoms with E-state index in [1.165, 1.54) is 0 Å². The number of rotatable bonds is 3. The van der Waals surface area contributed by atoms with Crippen molar-refractivity contribution in [3.8, 4) is 0 Å². The Balaban J connectivity index is 2.09. The molecule has 2 aromatic rings. The lowest BCUT2D eigenvalue weighted by Gasteiger charge is -2.02. The number of oxazole rings is 1. The average Bonchev–Trinajstić information content (AvgIpc) is 2.78. The zero-order chi connectivity index (χ0) is 14.2. The molecular formula is C14H18N2O3. The maximum atomic E-state index is 12.1. The number of hydrogen-bond acceptors (Lipinski definition) is 4. The molecule has 2 aromatic heterocycles. The van der Waals surface area contributed by atoms with Crippen LogP contribution in [0.4, 0.5) is 0 Å². The van der Waals surface area contributed by atoms with E-state index in [1.807, 2.05) is 27.7 Å². The summed E-state index contributed by atoms with van der Waals surface area (Å²) in [5.41, 5.74) is 2.31. The van der Waals surface area contributed by atoms with Crippen LogP contribution in [-0.2, 0) is 6.54 Å².